The van der Waals surface area contributed by atoms with Gasteiger partial charge in [-0.1, -0.05) is 12.8 Å². The smallest absolute Gasteiger partial charge is 0.166 e. The highest BCUT2D eigenvalue weighted by atomic mass is 16.1. The highest BCUT2D eigenvalue weighted by Crippen LogP contribution is 2.69. The lowest BCUT2D eigenvalue weighted by Crippen LogP contribution is -2.61. The molecular formula is C21H37N3O2. The molecule has 2 N–H and O–H groups in total. The molecule has 5 heteroatoms. The Morgan fingerprint density at radius 3 is 2.23 bits per heavy atom. The Bertz CT molecular complexity index is 568. The van der Waals surface area contributed by atoms with Gasteiger partial charge in [-0.05, 0) is 78.3 Å². The van der Waals surface area contributed by atoms with Gasteiger partial charge >= 0.3 is 0 Å². The average Bonchev–Trinajstić information content (AvgIpc) is 3.22. The van der Waals surface area contributed by atoms with Crippen LogP contribution in [0.3, 0.4) is 0 Å². The van der Waals surface area contributed by atoms with Gasteiger partial charge < -0.3 is 10.6 Å². The minimum Gasteiger partial charge on any atom is -0.313 e. The van der Waals surface area contributed by atoms with Crippen molar-refractivity contribution in [1.29, 1.82) is 0 Å². The molecule has 3 fully saturated rings. The normalized spacial score (nSPS) is 33.3. The van der Waals surface area contributed by atoms with Crippen LogP contribution in [0.15, 0.2) is 0 Å². The fourth-order valence-electron chi connectivity index (χ4n) is 5.33. The van der Waals surface area contributed by atoms with Crippen molar-refractivity contribution < 1.29 is 9.59 Å². The Hall–Kier alpha value is -0.780. The molecule has 5 unspecified atom stereocenters. The average molecular weight is 364 g/mol. The Kier molecular flexibility index (Phi) is 5.37. The second kappa shape index (κ2) is 6.99. The Labute approximate surface area is 158 Å². The molecule has 0 aromatic heterocycles. The van der Waals surface area contributed by atoms with Crippen LogP contribution in [0.4, 0.5) is 0 Å². The Morgan fingerprint density at radius 2 is 1.62 bits per heavy atom. The van der Waals surface area contributed by atoms with E-state index in [2.05, 4.69) is 10.6 Å². The van der Waals surface area contributed by atoms with E-state index in [9.17, 15) is 9.59 Å². The van der Waals surface area contributed by atoms with E-state index < -0.39 is 11.1 Å². The van der Waals surface area contributed by atoms with Crippen molar-refractivity contribution in [3.05, 3.63) is 0 Å². The van der Waals surface area contributed by atoms with Gasteiger partial charge in [0.1, 0.15) is 0 Å². The van der Waals surface area contributed by atoms with Crippen LogP contribution < -0.4 is 10.6 Å². The molecular weight excluding hydrogens is 326 g/mol. The molecule has 5 atom stereocenters. The van der Waals surface area contributed by atoms with Crippen LogP contribution in [0.2, 0.25) is 0 Å². The van der Waals surface area contributed by atoms with Crippen LogP contribution in [0.25, 0.3) is 0 Å². The molecule has 5 nitrogen and oxygen atoms in total. The number of Topliss-reactive ketones (excluding diaryl/α,β-unsaturated/α-hetero) is 2. The van der Waals surface area contributed by atoms with Gasteiger partial charge in [0.15, 0.2) is 11.6 Å². The van der Waals surface area contributed by atoms with E-state index in [1.165, 1.54) is 25.7 Å². The van der Waals surface area contributed by atoms with Crippen LogP contribution in [-0.2, 0) is 9.59 Å². The molecule has 0 amide bonds. The zero-order valence-corrected chi connectivity index (χ0v) is 17.4. The van der Waals surface area contributed by atoms with Gasteiger partial charge in [-0.2, -0.15) is 0 Å². The summed E-state index contributed by atoms with van der Waals surface area (Å²) in [6.45, 7) is 8.43. The second-order valence-electron chi connectivity index (χ2n) is 9.85. The summed E-state index contributed by atoms with van der Waals surface area (Å²) < 4.78 is 0. The summed E-state index contributed by atoms with van der Waals surface area (Å²) in [7, 11) is 3.65. The zero-order chi connectivity index (χ0) is 19.3. The molecule has 0 bridgehead atoms. The number of nitrogens with zero attached hydrogens (tertiary/aromatic N) is 1. The first-order valence-corrected chi connectivity index (χ1v) is 10.3. The number of hydrogen-bond donors (Lipinski definition) is 2. The third-order valence-corrected chi connectivity index (χ3v) is 7.57. The molecule has 0 aromatic rings. The van der Waals surface area contributed by atoms with Gasteiger partial charge in [0, 0.05) is 6.04 Å². The minimum absolute atomic E-state index is 0.103. The van der Waals surface area contributed by atoms with Gasteiger partial charge in [0.2, 0.25) is 0 Å². The highest BCUT2D eigenvalue weighted by Gasteiger charge is 2.69. The van der Waals surface area contributed by atoms with E-state index in [1.807, 2.05) is 39.6 Å². The Morgan fingerprint density at radius 1 is 1.00 bits per heavy atom. The first-order valence-electron chi connectivity index (χ1n) is 10.3. The lowest BCUT2D eigenvalue weighted by molar-refractivity contribution is -0.132. The summed E-state index contributed by atoms with van der Waals surface area (Å²) >= 11 is 0. The standard InChI is InChI=1S/C21H37N3O2/c1-20(2,16(26)12-24(6)21(3,4)15(25)11-22-5)23-19-14-10-8-7-9-13-17(14)18(13)19/h13-14,17-19,22-23H,7-12H2,1-6H3. The number of hydrogen-bond acceptors (Lipinski definition) is 5. The minimum atomic E-state index is -0.652. The molecule has 0 spiro atoms. The summed E-state index contributed by atoms with van der Waals surface area (Å²) in [6.07, 6.45) is 5.46. The van der Waals surface area contributed by atoms with Crippen LogP contribution in [0.5, 0.6) is 0 Å². The molecule has 0 heterocycles. The summed E-state index contributed by atoms with van der Waals surface area (Å²) in [5.74, 6) is 3.74. The third-order valence-electron chi connectivity index (χ3n) is 7.57. The third kappa shape index (κ3) is 3.38. The lowest BCUT2D eigenvalue weighted by Gasteiger charge is -2.43. The molecule has 0 radical (unpaired) electrons. The van der Waals surface area contributed by atoms with Crippen molar-refractivity contribution in [2.45, 2.75) is 70.5 Å². The van der Waals surface area contributed by atoms with Crippen molar-refractivity contribution in [3.63, 3.8) is 0 Å². The molecule has 3 rings (SSSR count). The lowest BCUT2D eigenvalue weighted by atomic mass is 9.75. The van der Waals surface area contributed by atoms with Crippen molar-refractivity contribution in [1.82, 2.24) is 15.5 Å². The first-order chi connectivity index (χ1) is 12.1. The molecule has 3 aliphatic rings. The molecule has 3 saturated carbocycles. The molecule has 148 valence electrons. The van der Waals surface area contributed by atoms with Crippen molar-refractivity contribution in [2.24, 2.45) is 23.7 Å². The van der Waals surface area contributed by atoms with Gasteiger partial charge in [-0.3, -0.25) is 14.5 Å². The van der Waals surface area contributed by atoms with Crippen LogP contribution >= 0.6 is 0 Å². The van der Waals surface area contributed by atoms with E-state index in [1.54, 1.807) is 7.05 Å². The number of carbonyl (C=O) groups excluding carboxylic acids is 2. The maximum atomic E-state index is 13.0. The molecule has 3 aliphatic carbocycles. The van der Waals surface area contributed by atoms with Crippen LogP contribution in [-0.4, -0.2) is 60.8 Å². The summed E-state index contributed by atoms with van der Waals surface area (Å²) in [6, 6.07) is 0.522. The van der Waals surface area contributed by atoms with Crippen molar-refractivity contribution in [3.8, 4) is 0 Å². The predicted molar refractivity (Wildman–Crippen MR) is 104 cm³/mol. The SMILES string of the molecule is CNCC(=O)C(C)(C)N(C)CC(=O)C(C)(C)NC1C2CCCCC3C2C31. The number of ketones is 2. The molecule has 0 aromatic carbocycles. The van der Waals surface area contributed by atoms with E-state index in [4.69, 9.17) is 0 Å². The van der Waals surface area contributed by atoms with Gasteiger partial charge in [-0.15, -0.1) is 0 Å². The molecule has 26 heavy (non-hydrogen) atoms. The summed E-state index contributed by atoms with van der Waals surface area (Å²) in [5, 5.41) is 6.64. The summed E-state index contributed by atoms with van der Waals surface area (Å²) in [4.78, 5) is 27.3. The highest BCUT2D eigenvalue weighted by molar-refractivity contribution is 5.92. The largest absolute Gasteiger partial charge is 0.313 e. The van der Waals surface area contributed by atoms with Crippen LogP contribution in [0.1, 0.15) is 53.4 Å². The molecule has 0 saturated heterocycles. The predicted octanol–water partition coefficient (Wildman–Crippen LogP) is 1.86. The topological polar surface area (TPSA) is 61.4 Å². The van der Waals surface area contributed by atoms with E-state index in [0.29, 0.717) is 12.6 Å². The fourth-order valence-corrected chi connectivity index (χ4v) is 5.33. The quantitative estimate of drug-likeness (QED) is 0.655. The fraction of sp³-hybridized carbons (Fsp3) is 0.905. The van der Waals surface area contributed by atoms with Gasteiger partial charge in [0.25, 0.3) is 0 Å². The monoisotopic (exact) mass is 363 g/mol. The maximum Gasteiger partial charge on any atom is 0.166 e. The number of likely N-dealkylation sites (N-methyl/N-ethyl adjacent to an activating group) is 2. The van der Waals surface area contributed by atoms with Crippen LogP contribution in [0, 0.1) is 23.7 Å². The zero-order valence-electron chi connectivity index (χ0n) is 17.4. The van der Waals surface area contributed by atoms with E-state index in [0.717, 1.165) is 23.7 Å². The van der Waals surface area contributed by atoms with Gasteiger partial charge in [0.05, 0.1) is 24.2 Å². The van der Waals surface area contributed by atoms with E-state index >= 15 is 0 Å². The molecule has 0 aliphatic heterocycles. The second-order valence-corrected chi connectivity index (χ2v) is 9.85. The Balaban J connectivity index is 1.57. The first kappa shape index (κ1) is 20.0. The number of nitrogens with one attached hydrogen (secondary N) is 2. The van der Waals surface area contributed by atoms with Crippen molar-refractivity contribution in [2.75, 3.05) is 27.2 Å². The maximum absolute atomic E-state index is 13.0. The number of carbonyl (C=O) groups is 2. The number of fused-ring (bicyclic) bond motifs is 1. The van der Waals surface area contributed by atoms with Gasteiger partial charge in [-0.25, -0.2) is 0 Å². The number of rotatable bonds is 9. The van der Waals surface area contributed by atoms with E-state index in [-0.39, 0.29) is 18.1 Å². The van der Waals surface area contributed by atoms with Crippen molar-refractivity contribution >= 4 is 11.6 Å². The summed E-state index contributed by atoms with van der Waals surface area (Å²) in [5.41, 5.74) is -1.20.